The van der Waals surface area contributed by atoms with Gasteiger partial charge < -0.3 is 15.0 Å². The van der Waals surface area contributed by atoms with Crippen molar-refractivity contribution in [1.82, 2.24) is 10.2 Å². The summed E-state index contributed by atoms with van der Waals surface area (Å²) >= 11 is 0. The van der Waals surface area contributed by atoms with E-state index in [9.17, 15) is 9.59 Å². The Balaban J connectivity index is 2.18. The van der Waals surface area contributed by atoms with Crippen molar-refractivity contribution < 1.29 is 14.3 Å². The largest absolute Gasteiger partial charge is 0.484 e. The van der Waals surface area contributed by atoms with E-state index in [1.807, 2.05) is 69.3 Å². The van der Waals surface area contributed by atoms with Crippen molar-refractivity contribution in [2.24, 2.45) is 0 Å². The quantitative estimate of drug-likeness (QED) is 0.562. The molecule has 0 aromatic heterocycles. The topological polar surface area (TPSA) is 58.6 Å². The van der Waals surface area contributed by atoms with Crippen LogP contribution in [-0.4, -0.2) is 35.9 Å². The van der Waals surface area contributed by atoms with E-state index < -0.39 is 6.04 Å². The van der Waals surface area contributed by atoms with Crippen LogP contribution in [0.15, 0.2) is 48.5 Å². The zero-order valence-electron chi connectivity index (χ0n) is 19.5. The van der Waals surface area contributed by atoms with Gasteiger partial charge in [0.2, 0.25) is 5.91 Å². The predicted molar refractivity (Wildman–Crippen MR) is 125 cm³/mol. The molecule has 5 heteroatoms. The molecule has 168 valence electrons. The molecular formula is C26H36N2O3. The Kier molecular flexibility index (Phi) is 9.57. The Morgan fingerprint density at radius 2 is 1.71 bits per heavy atom. The van der Waals surface area contributed by atoms with Crippen molar-refractivity contribution in [2.75, 3.05) is 13.2 Å². The van der Waals surface area contributed by atoms with Gasteiger partial charge in [-0.05, 0) is 54.5 Å². The molecule has 0 unspecified atom stereocenters. The fourth-order valence-electron chi connectivity index (χ4n) is 3.43. The van der Waals surface area contributed by atoms with Crippen molar-refractivity contribution in [3.05, 3.63) is 65.2 Å². The smallest absolute Gasteiger partial charge is 0.261 e. The van der Waals surface area contributed by atoms with Gasteiger partial charge in [-0.15, -0.1) is 0 Å². The molecule has 2 aromatic carbocycles. The van der Waals surface area contributed by atoms with Crippen molar-refractivity contribution in [2.45, 2.75) is 66.0 Å². The fraction of sp³-hybridized carbons (Fsp3) is 0.462. The van der Waals surface area contributed by atoms with Crippen LogP contribution in [0, 0.1) is 6.92 Å². The molecule has 2 rings (SSSR count). The maximum atomic E-state index is 13.2. The lowest BCUT2D eigenvalue weighted by Gasteiger charge is -2.31. The molecule has 0 saturated heterocycles. The van der Waals surface area contributed by atoms with Crippen molar-refractivity contribution in [3.63, 3.8) is 0 Å². The van der Waals surface area contributed by atoms with Gasteiger partial charge >= 0.3 is 0 Å². The molecule has 31 heavy (non-hydrogen) atoms. The monoisotopic (exact) mass is 424 g/mol. The van der Waals surface area contributed by atoms with E-state index in [0.717, 1.165) is 17.5 Å². The molecule has 0 bridgehead atoms. The number of carbonyl (C=O) groups excluding carboxylic acids is 2. The van der Waals surface area contributed by atoms with E-state index in [1.54, 1.807) is 4.90 Å². The average Bonchev–Trinajstić information content (AvgIpc) is 2.77. The molecule has 0 heterocycles. The SMILES string of the molecule is CCCNC(=O)[C@H](CC)N(Cc1ccccc1C)C(=O)COc1ccc(C(C)C)cc1. The third kappa shape index (κ3) is 7.12. The normalized spacial score (nSPS) is 11.8. The van der Waals surface area contributed by atoms with Gasteiger partial charge in [0.25, 0.3) is 5.91 Å². The Morgan fingerprint density at radius 3 is 2.29 bits per heavy atom. The molecule has 0 saturated carbocycles. The standard InChI is InChI=1S/C26H36N2O3/c1-6-16-27-26(30)24(7-2)28(17-22-11-9-8-10-20(22)5)25(29)18-31-23-14-12-21(13-15-23)19(3)4/h8-15,19,24H,6-7,16-18H2,1-5H3,(H,27,30)/t24-/m0/s1. The molecule has 0 aliphatic carbocycles. The third-order valence-electron chi connectivity index (χ3n) is 5.45. The Hall–Kier alpha value is -2.82. The molecule has 0 aliphatic rings. The lowest BCUT2D eigenvalue weighted by molar-refractivity contribution is -0.143. The van der Waals surface area contributed by atoms with Crippen LogP contribution >= 0.6 is 0 Å². The Morgan fingerprint density at radius 1 is 1.03 bits per heavy atom. The third-order valence-corrected chi connectivity index (χ3v) is 5.45. The summed E-state index contributed by atoms with van der Waals surface area (Å²) in [7, 11) is 0. The lowest BCUT2D eigenvalue weighted by Crippen LogP contribution is -2.50. The summed E-state index contributed by atoms with van der Waals surface area (Å²) in [5, 5.41) is 2.94. The molecule has 1 atom stereocenters. The number of nitrogens with one attached hydrogen (secondary N) is 1. The first-order valence-electron chi connectivity index (χ1n) is 11.2. The lowest BCUT2D eigenvalue weighted by atomic mass is 10.0. The number of hydrogen-bond donors (Lipinski definition) is 1. The van der Waals surface area contributed by atoms with Crippen LogP contribution in [0.2, 0.25) is 0 Å². The summed E-state index contributed by atoms with van der Waals surface area (Å²) in [6, 6.07) is 15.2. The number of rotatable bonds is 11. The highest BCUT2D eigenvalue weighted by molar-refractivity contribution is 5.88. The minimum Gasteiger partial charge on any atom is -0.484 e. The van der Waals surface area contributed by atoms with E-state index >= 15 is 0 Å². The number of nitrogens with zero attached hydrogens (tertiary/aromatic N) is 1. The Bertz CT molecular complexity index is 846. The van der Waals surface area contributed by atoms with Crippen LogP contribution < -0.4 is 10.1 Å². The van der Waals surface area contributed by atoms with Gasteiger partial charge in [0.05, 0.1) is 0 Å². The fourth-order valence-corrected chi connectivity index (χ4v) is 3.43. The number of benzene rings is 2. The maximum Gasteiger partial charge on any atom is 0.261 e. The van der Waals surface area contributed by atoms with Crippen LogP contribution in [0.25, 0.3) is 0 Å². The number of aryl methyl sites for hydroxylation is 1. The molecule has 2 aromatic rings. The summed E-state index contributed by atoms with van der Waals surface area (Å²) in [6.45, 7) is 11.1. The van der Waals surface area contributed by atoms with Gasteiger partial charge in [0.15, 0.2) is 6.61 Å². The van der Waals surface area contributed by atoms with Gasteiger partial charge in [0.1, 0.15) is 11.8 Å². The van der Waals surface area contributed by atoms with Gasteiger partial charge in [0, 0.05) is 13.1 Å². The van der Waals surface area contributed by atoms with E-state index in [4.69, 9.17) is 4.74 Å². The number of amides is 2. The minimum atomic E-state index is -0.537. The highest BCUT2D eigenvalue weighted by Gasteiger charge is 2.29. The van der Waals surface area contributed by atoms with Crippen LogP contribution in [0.5, 0.6) is 5.75 Å². The van der Waals surface area contributed by atoms with E-state index in [0.29, 0.717) is 31.2 Å². The second-order valence-corrected chi connectivity index (χ2v) is 8.18. The second-order valence-electron chi connectivity index (χ2n) is 8.18. The summed E-state index contributed by atoms with van der Waals surface area (Å²) in [5.74, 6) is 0.770. The second kappa shape index (κ2) is 12.1. The first-order valence-corrected chi connectivity index (χ1v) is 11.2. The zero-order chi connectivity index (χ0) is 22.8. The van der Waals surface area contributed by atoms with Gasteiger partial charge in [-0.1, -0.05) is 64.1 Å². The highest BCUT2D eigenvalue weighted by Crippen LogP contribution is 2.20. The van der Waals surface area contributed by atoms with Crippen molar-refractivity contribution in [1.29, 1.82) is 0 Å². The summed E-state index contributed by atoms with van der Waals surface area (Å²) in [5.41, 5.74) is 3.34. The predicted octanol–water partition coefficient (Wildman–Crippen LogP) is 4.83. The summed E-state index contributed by atoms with van der Waals surface area (Å²) < 4.78 is 5.78. The van der Waals surface area contributed by atoms with Gasteiger partial charge in [-0.2, -0.15) is 0 Å². The first kappa shape index (κ1) is 24.4. The van der Waals surface area contributed by atoms with Crippen LogP contribution in [0.4, 0.5) is 0 Å². The number of carbonyl (C=O) groups is 2. The minimum absolute atomic E-state index is 0.107. The maximum absolute atomic E-state index is 13.2. The van der Waals surface area contributed by atoms with Crippen LogP contribution in [0.3, 0.4) is 0 Å². The van der Waals surface area contributed by atoms with Crippen molar-refractivity contribution in [3.8, 4) is 5.75 Å². The number of ether oxygens (including phenoxy) is 1. The average molecular weight is 425 g/mol. The molecule has 0 fully saturated rings. The molecule has 0 aliphatic heterocycles. The highest BCUT2D eigenvalue weighted by atomic mass is 16.5. The van der Waals surface area contributed by atoms with Gasteiger partial charge in [-0.3, -0.25) is 9.59 Å². The molecule has 2 amide bonds. The molecule has 5 nitrogen and oxygen atoms in total. The van der Waals surface area contributed by atoms with E-state index in [-0.39, 0.29) is 18.4 Å². The zero-order valence-corrected chi connectivity index (χ0v) is 19.5. The molecule has 0 radical (unpaired) electrons. The van der Waals surface area contributed by atoms with Crippen molar-refractivity contribution >= 4 is 11.8 Å². The summed E-state index contributed by atoms with van der Waals surface area (Å²) in [6.07, 6.45) is 1.39. The molecule has 0 spiro atoms. The molecular weight excluding hydrogens is 388 g/mol. The van der Waals surface area contributed by atoms with E-state index in [2.05, 4.69) is 19.2 Å². The van der Waals surface area contributed by atoms with Crippen LogP contribution in [0.1, 0.15) is 63.1 Å². The molecule has 1 N–H and O–H groups in total. The number of hydrogen-bond acceptors (Lipinski definition) is 3. The van der Waals surface area contributed by atoms with Crippen LogP contribution in [-0.2, 0) is 16.1 Å². The Labute approximate surface area is 186 Å². The summed E-state index contributed by atoms with van der Waals surface area (Å²) in [4.78, 5) is 27.6. The first-order chi connectivity index (χ1) is 14.9. The van der Waals surface area contributed by atoms with E-state index in [1.165, 1.54) is 5.56 Å². The van der Waals surface area contributed by atoms with Gasteiger partial charge in [-0.25, -0.2) is 0 Å².